The molecule has 88 valence electrons. The second-order valence-electron chi connectivity index (χ2n) is 4.34. The number of hydrogen-bond donors (Lipinski definition) is 2. The Labute approximate surface area is 102 Å². The van der Waals surface area contributed by atoms with Gasteiger partial charge < -0.3 is 10.6 Å². The van der Waals surface area contributed by atoms with Crippen LogP contribution in [0.2, 0.25) is 5.02 Å². The molecule has 0 aliphatic carbocycles. The highest BCUT2D eigenvalue weighted by Gasteiger charge is 2.11. The second kappa shape index (κ2) is 6.24. The zero-order valence-corrected chi connectivity index (χ0v) is 10.3. The summed E-state index contributed by atoms with van der Waals surface area (Å²) in [6, 6.07) is 8.77. The summed E-state index contributed by atoms with van der Waals surface area (Å²) in [5.74, 6) is 0. The Morgan fingerprint density at radius 3 is 2.88 bits per heavy atom. The van der Waals surface area contributed by atoms with Crippen LogP contribution in [0.15, 0.2) is 24.3 Å². The molecular formula is C13H19ClN2. The molecular weight excluding hydrogens is 220 g/mol. The van der Waals surface area contributed by atoms with Crippen LogP contribution in [0.5, 0.6) is 0 Å². The van der Waals surface area contributed by atoms with Crippen molar-refractivity contribution in [3.05, 3.63) is 34.9 Å². The van der Waals surface area contributed by atoms with E-state index >= 15 is 0 Å². The Bertz CT molecular complexity index is 321. The minimum Gasteiger partial charge on any atom is -0.314 e. The zero-order chi connectivity index (χ0) is 11.2. The Balaban J connectivity index is 1.73. The fourth-order valence-electron chi connectivity index (χ4n) is 2.16. The molecule has 1 heterocycles. The number of rotatable bonds is 4. The summed E-state index contributed by atoms with van der Waals surface area (Å²) in [6.45, 7) is 3.29. The summed E-state index contributed by atoms with van der Waals surface area (Å²) in [6.07, 6.45) is 3.50. The van der Waals surface area contributed by atoms with E-state index in [1.807, 2.05) is 12.1 Å². The van der Waals surface area contributed by atoms with Gasteiger partial charge in [0.25, 0.3) is 0 Å². The molecule has 1 saturated heterocycles. The number of benzene rings is 1. The van der Waals surface area contributed by atoms with Crippen molar-refractivity contribution in [2.24, 2.45) is 0 Å². The molecule has 1 aromatic rings. The summed E-state index contributed by atoms with van der Waals surface area (Å²) >= 11 is 6.12. The first-order valence-electron chi connectivity index (χ1n) is 6.04. The standard InChI is InChI=1S/C13H19ClN2/c14-13-7-2-1-4-11(13)5-3-6-12-10-15-8-9-16-12/h1-2,4,7,12,15-16H,3,5-6,8-10H2/t12-/m0/s1. The van der Waals surface area contributed by atoms with Gasteiger partial charge in [-0.3, -0.25) is 0 Å². The van der Waals surface area contributed by atoms with Gasteiger partial charge in [-0.25, -0.2) is 0 Å². The lowest BCUT2D eigenvalue weighted by Crippen LogP contribution is -2.48. The van der Waals surface area contributed by atoms with Gasteiger partial charge in [-0.1, -0.05) is 29.8 Å². The molecule has 0 spiro atoms. The molecule has 1 fully saturated rings. The Morgan fingerprint density at radius 2 is 2.12 bits per heavy atom. The highest BCUT2D eigenvalue weighted by atomic mass is 35.5. The monoisotopic (exact) mass is 238 g/mol. The minimum atomic E-state index is 0.635. The fraction of sp³-hybridized carbons (Fsp3) is 0.538. The third-order valence-electron chi connectivity index (χ3n) is 3.08. The zero-order valence-electron chi connectivity index (χ0n) is 9.51. The van der Waals surface area contributed by atoms with Crippen LogP contribution in [0.4, 0.5) is 0 Å². The van der Waals surface area contributed by atoms with Crippen molar-refractivity contribution >= 4 is 11.6 Å². The lowest BCUT2D eigenvalue weighted by molar-refractivity contribution is 0.392. The van der Waals surface area contributed by atoms with E-state index in [-0.39, 0.29) is 0 Å². The van der Waals surface area contributed by atoms with Crippen LogP contribution in [0.25, 0.3) is 0 Å². The van der Waals surface area contributed by atoms with E-state index in [9.17, 15) is 0 Å². The molecule has 0 saturated carbocycles. The predicted molar refractivity (Wildman–Crippen MR) is 69.1 cm³/mol. The number of piperazine rings is 1. The first-order chi connectivity index (χ1) is 7.86. The first kappa shape index (κ1) is 11.9. The molecule has 0 amide bonds. The van der Waals surface area contributed by atoms with Crippen molar-refractivity contribution in [2.45, 2.75) is 25.3 Å². The Hall–Kier alpha value is -0.570. The van der Waals surface area contributed by atoms with Crippen molar-refractivity contribution < 1.29 is 0 Å². The van der Waals surface area contributed by atoms with Gasteiger partial charge in [0.1, 0.15) is 0 Å². The van der Waals surface area contributed by atoms with E-state index in [1.165, 1.54) is 18.4 Å². The quantitative estimate of drug-likeness (QED) is 0.841. The molecule has 1 aliphatic rings. The van der Waals surface area contributed by atoms with E-state index in [2.05, 4.69) is 22.8 Å². The number of hydrogen-bond acceptors (Lipinski definition) is 2. The van der Waals surface area contributed by atoms with Gasteiger partial charge in [0, 0.05) is 30.7 Å². The summed E-state index contributed by atoms with van der Waals surface area (Å²) in [5.41, 5.74) is 1.27. The largest absolute Gasteiger partial charge is 0.314 e. The van der Waals surface area contributed by atoms with E-state index in [4.69, 9.17) is 11.6 Å². The maximum absolute atomic E-state index is 6.12. The van der Waals surface area contributed by atoms with Gasteiger partial charge in [0.15, 0.2) is 0 Å². The highest BCUT2D eigenvalue weighted by Crippen LogP contribution is 2.17. The smallest absolute Gasteiger partial charge is 0.0437 e. The van der Waals surface area contributed by atoms with Crippen LogP contribution in [0.1, 0.15) is 18.4 Å². The van der Waals surface area contributed by atoms with Crippen LogP contribution in [-0.4, -0.2) is 25.7 Å². The lowest BCUT2D eigenvalue weighted by Gasteiger charge is -2.24. The van der Waals surface area contributed by atoms with Crippen molar-refractivity contribution in [3.8, 4) is 0 Å². The van der Waals surface area contributed by atoms with Crippen LogP contribution in [0, 0.1) is 0 Å². The van der Waals surface area contributed by atoms with E-state index in [0.29, 0.717) is 6.04 Å². The molecule has 1 atom stereocenters. The van der Waals surface area contributed by atoms with E-state index in [0.717, 1.165) is 31.1 Å². The SMILES string of the molecule is Clc1ccccc1CCC[C@H]1CNCCN1. The van der Waals surface area contributed by atoms with Gasteiger partial charge in [0.05, 0.1) is 0 Å². The minimum absolute atomic E-state index is 0.635. The van der Waals surface area contributed by atoms with Crippen LogP contribution >= 0.6 is 11.6 Å². The third-order valence-corrected chi connectivity index (χ3v) is 3.45. The van der Waals surface area contributed by atoms with Gasteiger partial charge in [0.2, 0.25) is 0 Å². The molecule has 0 radical (unpaired) electrons. The molecule has 2 N–H and O–H groups in total. The average molecular weight is 239 g/mol. The Morgan fingerprint density at radius 1 is 1.25 bits per heavy atom. The topological polar surface area (TPSA) is 24.1 Å². The molecule has 0 unspecified atom stereocenters. The summed E-state index contributed by atoms with van der Waals surface area (Å²) < 4.78 is 0. The number of nitrogens with one attached hydrogen (secondary N) is 2. The Kier molecular flexibility index (Phi) is 4.64. The summed E-state index contributed by atoms with van der Waals surface area (Å²) in [4.78, 5) is 0. The molecule has 2 rings (SSSR count). The van der Waals surface area contributed by atoms with Crippen molar-refractivity contribution in [1.82, 2.24) is 10.6 Å². The molecule has 1 aromatic carbocycles. The molecule has 2 nitrogen and oxygen atoms in total. The maximum Gasteiger partial charge on any atom is 0.0437 e. The van der Waals surface area contributed by atoms with E-state index < -0.39 is 0 Å². The molecule has 1 aliphatic heterocycles. The number of halogens is 1. The van der Waals surface area contributed by atoms with Gasteiger partial charge in [-0.05, 0) is 30.9 Å². The fourth-order valence-corrected chi connectivity index (χ4v) is 2.39. The van der Waals surface area contributed by atoms with E-state index in [1.54, 1.807) is 0 Å². The van der Waals surface area contributed by atoms with Gasteiger partial charge in [-0.15, -0.1) is 0 Å². The number of aryl methyl sites for hydroxylation is 1. The van der Waals surface area contributed by atoms with Crippen LogP contribution in [-0.2, 0) is 6.42 Å². The molecule has 0 bridgehead atoms. The van der Waals surface area contributed by atoms with Gasteiger partial charge >= 0.3 is 0 Å². The van der Waals surface area contributed by atoms with Crippen molar-refractivity contribution in [1.29, 1.82) is 0 Å². The normalized spacial score (nSPS) is 20.9. The average Bonchev–Trinajstić information content (AvgIpc) is 2.33. The van der Waals surface area contributed by atoms with Gasteiger partial charge in [-0.2, -0.15) is 0 Å². The third kappa shape index (κ3) is 3.48. The van der Waals surface area contributed by atoms with Crippen molar-refractivity contribution in [2.75, 3.05) is 19.6 Å². The molecule has 0 aromatic heterocycles. The molecule has 16 heavy (non-hydrogen) atoms. The summed E-state index contributed by atoms with van der Waals surface area (Å²) in [5, 5.41) is 7.83. The molecule has 3 heteroatoms. The van der Waals surface area contributed by atoms with Crippen molar-refractivity contribution in [3.63, 3.8) is 0 Å². The van der Waals surface area contributed by atoms with Crippen LogP contribution < -0.4 is 10.6 Å². The second-order valence-corrected chi connectivity index (χ2v) is 4.75. The lowest BCUT2D eigenvalue weighted by atomic mass is 10.0. The highest BCUT2D eigenvalue weighted by molar-refractivity contribution is 6.31. The first-order valence-corrected chi connectivity index (χ1v) is 6.41. The predicted octanol–water partition coefficient (Wildman–Crippen LogP) is 2.22. The van der Waals surface area contributed by atoms with Crippen LogP contribution in [0.3, 0.4) is 0 Å². The maximum atomic E-state index is 6.12. The summed E-state index contributed by atoms with van der Waals surface area (Å²) in [7, 11) is 0.